The van der Waals surface area contributed by atoms with Crippen LogP contribution >= 0.6 is 0 Å². The van der Waals surface area contributed by atoms with Crippen LogP contribution in [0.5, 0.6) is 0 Å². The van der Waals surface area contributed by atoms with Gasteiger partial charge in [-0.25, -0.2) is 9.97 Å². The van der Waals surface area contributed by atoms with Gasteiger partial charge in [-0.15, -0.1) is 0 Å². The van der Waals surface area contributed by atoms with Crippen molar-refractivity contribution in [1.29, 1.82) is 0 Å². The van der Waals surface area contributed by atoms with Crippen molar-refractivity contribution < 1.29 is 5.11 Å². The average molecular weight is 488 g/mol. The summed E-state index contributed by atoms with van der Waals surface area (Å²) in [5.74, 6) is 0. The van der Waals surface area contributed by atoms with E-state index in [4.69, 9.17) is 15.8 Å². The van der Waals surface area contributed by atoms with Crippen molar-refractivity contribution in [2.45, 2.75) is 31.4 Å². The molecule has 8 nitrogen and oxygen atoms in total. The van der Waals surface area contributed by atoms with Crippen LogP contribution in [0.3, 0.4) is 0 Å². The molecule has 8 heteroatoms. The number of nitrogens with zero attached hydrogens (tertiary/aromatic N) is 5. The second-order valence-corrected chi connectivity index (χ2v) is 9.88. The monoisotopic (exact) mass is 487 g/mol. The van der Waals surface area contributed by atoms with E-state index < -0.39 is 5.54 Å². The minimum atomic E-state index is -0.484. The molecule has 37 heavy (non-hydrogen) atoms. The Morgan fingerprint density at radius 3 is 2.49 bits per heavy atom. The van der Waals surface area contributed by atoms with Gasteiger partial charge in [0, 0.05) is 46.1 Å². The summed E-state index contributed by atoms with van der Waals surface area (Å²) in [6.45, 7) is 1.95. The maximum Gasteiger partial charge on any atom is 0.165 e. The molecular formula is C29H25N7O. The molecule has 4 heterocycles. The van der Waals surface area contributed by atoms with Crippen molar-refractivity contribution in [3.63, 3.8) is 0 Å². The summed E-state index contributed by atoms with van der Waals surface area (Å²) >= 11 is 0. The molecule has 0 radical (unpaired) electrons. The van der Waals surface area contributed by atoms with E-state index in [1.807, 2.05) is 49.6 Å². The fourth-order valence-electron chi connectivity index (χ4n) is 5.47. The molecule has 1 aliphatic carbocycles. The topological polar surface area (TPSA) is 118 Å². The van der Waals surface area contributed by atoms with Gasteiger partial charge in [0.15, 0.2) is 11.3 Å². The number of aryl methyl sites for hydroxylation is 1. The number of rotatable bonds is 4. The predicted octanol–water partition coefficient (Wildman–Crippen LogP) is 4.62. The highest BCUT2D eigenvalue weighted by Crippen LogP contribution is 2.44. The number of benzene rings is 2. The molecule has 0 atom stereocenters. The number of hydrogen-bond acceptors (Lipinski definition) is 6. The zero-order valence-corrected chi connectivity index (χ0v) is 20.3. The lowest BCUT2D eigenvalue weighted by Gasteiger charge is -2.42. The lowest BCUT2D eigenvalue weighted by Crippen LogP contribution is -2.51. The van der Waals surface area contributed by atoms with E-state index in [1.54, 1.807) is 4.52 Å². The standard InChI is InChI=1S/C29H25N7O/c1-17-13-24-31-16-22-26(23-11-12-32-34-23)25(18-5-3-2-4-6-18)27(33-28(22)36(24)35-17)19-7-9-20(10-8-19)29(30)14-21(37)15-29/h2-13,16,21,37H,14-15,30H2,1H3,(H,32,34)/t21-,29-. The summed E-state index contributed by atoms with van der Waals surface area (Å²) < 4.78 is 1.80. The van der Waals surface area contributed by atoms with Crippen LogP contribution in [0.4, 0.5) is 0 Å². The van der Waals surface area contributed by atoms with E-state index in [-0.39, 0.29) is 6.10 Å². The van der Waals surface area contributed by atoms with Crippen LogP contribution < -0.4 is 5.73 Å². The molecule has 1 saturated carbocycles. The summed E-state index contributed by atoms with van der Waals surface area (Å²) in [7, 11) is 0. The summed E-state index contributed by atoms with van der Waals surface area (Å²) in [6.07, 6.45) is 4.50. The van der Waals surface area contributed by atoms with E-state index in [1.165, 1.54) is 0 Å². The Bertz CT molecular complexity index is 1750. The number of H-pyrrole nitrogens is 1. The minimum absolute atomic E-state index is 0.332. The molecular weight excluding hydrogens is 462 g/mol. The Labute approximate surface area is 212 Å². The molecule has 1 aliphatic rings. The van der Waals surface area contributed by atoms with Crippen LogP contribution in [0.2, 0.25) is 0 Å². The Morgan fingerprint density at radius 1 is 1.00 bits per heavy atom. The fourth-order valence-corrected chi connectivity index (χ4v) is 5.47. The van der Waals surface area contributed by atoms with Gasteiger partial charge in [-0.05, 0) is 37.0 Å². The average Bonchev–Trinajstić information content (AvgIpc) is 3.57. The maximum atomic E-state index is 9.84. The first-order valence-corrected chi connectivity index (χ1v) is 12.3. The van der Waals surface area contributed by atoms with Crippen molar-refractivity contribution in [3.05, 3.63) is 90.4 Å². The number of aliphatic hydroxyl groups excluding tert-OH is 1. The lowest BCUT2D eigenvalue weighted by atomic mass is 9.70. The number of aliphatic hydroxyl groups is 1. The number of nitrogens with one attached hydrogen (secondary N) is 1. The van der Waals surface area contributed by atoms with Crippen molar-refractivity contribution >= 4 is 16.7 Å². The second-order valence-electron chi connectivity index (χ2n) is 9.88. The highest BCUT2D eigenvalue weighted by molar-refractivity contribution is 6.05. The van der Waals surface area contributed by atoms with E-state index in [2.05, 4.69) is 51.6 Å². The lowest BCUT2D eigenvalue weighted by molar-refractivity contribution is 0.0209. The van der Waals surface area contributed by atoms with Gasteiger partial charge in [-0.1, -0.05) is 54.6 Å². The van der Waals surface area contributed by atoms with Gasteiger partial charge in [0.05, 0.1) is 23.2 Å². The Hall–Kier alpha value is -4.40. The molecule has 7 rings (SSSR count). The normalized spacial score (nSPS) is 19.4. The summed E-state index contributed by atoms with van der Waals surface area (Å²) in [5, 5.41) is 22.9. The molecule has 4 aromatic heterocycles. The Kier molecular flexibility index (Phi) is 4.76. The molecule has 4 N–H and O–H groups in total. The third-order valence-corrected chi connectivity index (χ3v) is 7.31. The molecule has 1 fully saturated rings. The van der Waals surface area contributed by atoms with Gasteiger partial charge in [-0.3, -0.25) is 5.10 Å². The molecule has 0 spiro atoms. The van der Waals surface area contributed by atoms with Crippen molar-refractivity contribution in [3.8, 4) is 33.6 Å². The number of aromatic amines is 1. The third-order valence-electron chi connectivity index (χ3n) is 7.31. The van der Waals surface area contributed by atoms with E-state index in [9.17, 15) is 5.11 Å². The fraction of sp³-hybridized carbons (Fsp3) is 0.172. The van der Waals surface area contributed by atoms with E-state index in [0.717, 1.165) is 55.9 Å². The first-order chi connectivity index (χ1) is 18.0. The SMILES string of the molecule is Cc1cc2ncc3c(-c4cc[nH]n4)c(-c4ccccc4)c(-c4ccc([C@]5(N)C[C@H](O)C5)cc4)nc3n2n1. The van der Waals surface area contributed by atoms with Crippen LogP contribution in [-0.4, -0.2) is 41.0 Å². The van der Waals surface area contributed by atoms with Gasteiger partial charge < -0.3 is 10.8 Å². The number of aromatic nitrogens is 6. The van der Waals surface area contributed by atoms with Crippen LogP contribution in [0.15, 0.2) is 79.1 Å². The molecule has 0 aliphatic heterocycles. The van der Waals surface area contributed by atoms with Crippen LogP contribution in [0.1, 0.15) is 24.1 Å². The molecule has 0 unspecified atom stereocenters. The second kappa shape index (κ2) is 8.06. The highest BCUT2D eigenvalue weighted by atomic mass is 16.3. The van der Waals surface area contributed by atoms with E-state index >= 15 is 0 Å². The van der Waals surface area contributed by atoms with Gasteiger partial charge in [0.1, 0.15) is 0 Å². The summed E-state index contributed by atoms with van der Waals surface area (Å²) in [5.41, 5.74) is 14.9. The van der Waals surface area contributed by atoms with Gasteiger partial charge >= 0.3 is 0 Å². The smallest absolute Gasteiger partial charge is 0.165 e. The maximum absolute atomic E-state index is 9.84. The summed E-state index contributed by atoms with van der Waals surface area (Å²) in [6, 6.07) is 22.4. The van der Waals surface area contributed by atoms with Crippen LogP contribution in [0, 0.1) is 6.92 Å². The molecule has 0 saturated heterocycles. The zero-order chi connectivity index (χ0) is 25.1. The largest absolute Gasteiger partial charge is 0.393 e. The van der Waals surface area contributed by atoms with Crippen molar-refractivity contribution in [2.75, 3.05) is 0 Å². The number of pyridine rings is 1. The highest BCUT2D eigenvalue weighted by Gasteiger charge is 2.41. The molecule has 0 amide bonds. The molecule has 6 aromatic rings. The van der Waals surface area contributed by atoms with Crippen LogP contribution in [0.25, 0.3) is 50.3 Å². The van der Waals surface area contributed by atoms with Gasteiger partial charge in [0.2, 0.25) is 0 Å². The quantitative estimate of drug-likeness (QED) is 0.334. The zero-order valence-electron chi connectivity index (χ0n) is 20.3. The first kappa shape index (κ1) is 21.8. The molecule has 0 bridgehead atoms. The minimum Gasteiger partial charge on any atom is -0.393 e. The van der Waals surface area contributed by atoms with Crippen molar-refractivity contribution in [1.82, 2.24) is 29.8 Å². The predicted molar refractivity (Wildman–Crippen MR) is 143 cm³/mol. The Morgan fingerprint density at radius 2 is 1.78 bits per heavy atom. The molecule has 182 valence electrons. The number of fused-ring (bicyclic) bond motifs is 3. The number of nitrogens with two attached hydrogens (primary N) is 1. The van der Waals surface area contributed by atoms with Crippen molar-refractivity contribution in [2.24, 2.45) is 5.73 Å². The number of hydrogen-bond donors (Lipinski definition) is 3. The molecule has 2 aromatic carbocycles. The first-order valence-electron chi connectivity index (χ1n) is 12.3. The van der Waals surface area contributed by atoms with Gasteiger partial charge in [0.25, 0.3) is 0 Å². The van der Waals surface area contributed by atoms with Gasteiger partial charge in [-0.2, -0.15) is 14.7 Å². The third kappa shape index (κ3) is 3.45. The summed E-state index contributed by atoms with van der Waals surface area (Å²) in [4.78, 5) is 9.91. The van der Waals surface area contributed by atoms with Crippen LogP contribution in [-0.2, 0) is 5.54 Å². The van der Waals surface area contributed by atoms with E-state index in [0.29, 0.717) is 18.5 Å². The Balaban J connectivity index is 1.55.